The van der Waals surface area contributed by atoms with Crippen molar-refractivity contribution in [2.45, 2.75) is 84.0 Å². The minimum absolute atomic E-state index is 0.0485. The first-order valence-corrected chi connectivity index (χ1v) is 14.1. The molecule has 2 aromatic carbocycles. The van der Waals surface area contributed by atoms with Gasteiger partial charge in [-0.05, 0) is 76.4 Å². The van der Waals surface area contributed by atoms with Crippen LogP contribution in [0.2, 0.25) is 0 Å². The number of primary amides is 1. The van der Waals surface area contributed by atoms with Gasteiger partial charge in [-0.1, -0.05) is 30.3 Å². The molecule has 8 nitrogen and oxygen atoms in total. The number of hydrogen-bond acceptors (Lipinski definition) is 6. The lowest BCUT2D eigenvalue weighted by Crippen LogP contribution is -2.45. The molecule has 1 unspecified atom stereocenters. The van der Waals surface area contributed by atoms with E-state index in [1.54, 1.807) is 39.0 Å². The molecule has 2 aromatic rings. The van der Waals surface area contributed by atoms with Crippen LogP contribution in [0.15, 0.2) is 42.5 Å². The van der Waals surface area contributed by atoms with Crippen LogP contribution in [-0.2, 0) is 34.0 Å². The van der Waals surface area contributed by atoms with Crippen LogP contribution in [0.3, 0.4) is 0 Å². The number of likely N-dealkylation sites (tertiary alicyclic amines) is 1. The number of fused-ring (bicyclic) bond motifs is 1. The lowest BCUT2D eigenvalue weighted by Gasteiger charge is -2.32. The fourth-order valence-corrected chi connectivity index (χ4v) is 5.34. The van der Waals surface area contributed by atoms with Crippen LogP contribution in [0, 0.1) is 5.92 Å². The van der Waals surface area contributed by atoms with Gasteiger partial charge in [0.2, 0.25) is 5.91 Å². The molecule has 0 spiro atoms. The largest absolute Gasteiger partial charge is 0.489 e. The molecule has 2 N–H and O–H groups in total. The molecule has 0 saturated carbocycles. The van der Waals surface area contributed by atoms with Crippen LogP contribution in [-0.4, -0.2) is 58.5 Å². The summed E-state index contributed by atoms with van der Waals surface area (Å²) in [5.74, 6) is -2.23. The van der Waals surface area contributed by atoms with E-state index in [2.05, 4.69) is 0 Å². The molecule has 0 aromatic heterocycles. The number of amides is 2. The smallest absolute Gasteiger partial charge is 0.391 e. The van der Waals surface area contributed by atoms with E-state index in [-0.39, 0.29) is 44.7 Å². The van der Waals surface area contributed by atoms with Crippen molar-refractivity contribution in [3.05, 3.63) is 64.7 Å². The molecule has 2 aliphatic heterocycles. The van der Waals surface area contributed by atoms with Crippen molar-refractivity contribution in [3.63, 3.8) is 0 Å². The molecule has 0 bridgehead atoms. The van der Waals surface area contributed by atoms with Gasteiger partial charge in [-0.2, -0.15) is 13.2 Å². The number of hydrogen-bond donors (Lipinski definition) is 1. The maximum absolute atomic E-state index is 13.3. The van der Waals surface area contributed by atoms with E-state index in [0.717, 1.165) is 11.1 Å². The molecule has 228 valence electrons. The summed E-state index contributed by atoms with van der Waals surface area (Å²) in [7, 11) is 0. The Bertz CT molecular complexity index is 1280. The lowest BCUT2D eigenvalue weighted by atomic mass is 9.96. The Balaban J connectivity index is 1.38. The molecule has 1 fully saturated rings. The van der Waals surface area contributed by atoms with Crippen molar-refractivity contribution in [1.82, 2.24) is 9.80 Å². The number of nitrogens with zero attached hydrogens (tertiary/aromatic N) is 2. The highest BCUT2D eigenvalue weighted by atomic mass is 19.4. The molecule has 11 heteroatoms. The zero-order valence-electron chi connectivity index (χ0n) is 24.2. The van der Waals surface area contributed by atoms with Crippen LogP contribution in [0.25, 0.3) is 0 Å². The zero-order chi connectivity index (χ0) is 30.7. The third kappa shape index (κ3) is 8.02. The fourth-order valence-electron chi connectivity index (χ4n) is 5.34. The number of piperidine rings is 1. The van der Waals surface area contributed by atoms with Crippen molar-refractivity contribution < 1.29 is 37.0 Å². The molecule has 0 aliphatic carbocycles. The summed E-state index contributed by atoms with van der Waals surface area (Å²) in [6.07, 6.45) is -3.90. The fraction of sp³-hybridized carbons (Fsp3) is 0.516. The Hall–Kier alpha value is -3.60. The van der Waals surface area contributed by atoms with Gasteiger partial charge in [0.25, 0.3) is 5.91 Å². The molecule has 1 saturated heterocycles. The number of carbonyl (C=O) groups is 3. The second-order valence-corrected chi connectivity index (χ2v) is 12.0. The number of ether oxygens (including phenoxy) is 2. The van der Waals surface area contributed by atoms with E-state index < -0.39 is 35.6 Å². The van der Waals surface area contributed by atoms with E-state index in [9.17, 15) is 27.6 Å². The topological polar surface area (TPSA) is 102 Å². The third-order valence-electron chi connectivity index (χ3n) is 7.55. The molecular weight excluding hydrogens is 551 g/mol. The van der Waals surface area contributed by atoms with Crippen molar-refractivity contribution in [2.75, 3.05) is 13.1 Å². The Labute approximate surface area is 243 Å². The number of rotatable bonds is 10. The van der Waals surface area contributed by atoms with Crippen molar-refractivity contribution in [1.29, 1.82) is 0 Å². The van der Waals surface area contributed by atoms with E-state index in [0.29, 0.717) is 36.5 Å². The first-order chi connectivity index (χ1) is 19.7. The first-order valence-electron chi connectivity index (χ1n) is 14.1. The highest BCUT2D eigenvalue weighted by Crippen LogP contribution is 2.35. The van der Waals surface area contributed by atoms with E-state index in [4.69, 9.17) is 15.2 Å². The summed E-state index contributed by atoms with van der Waals surface area (Å²) in [5.41, 5.74) is 7.52. The highest BCUT2D eigenvalue weighted by Gasteiger charge is 2.41. The van der Waals surface area contributed by atoms with Gasteiger partial charge in [0.05, 0.1) is 12.5 Å². The molecule has 1 atom stereocenters. The van der Waals surface area contributed by atoms with Gasteiger partial charge >= 0.3 is 12.1 Å². The van der Waals surface area contributed by atoms with E-state index >= 15 is 0 Å². The molecule has 0 radical (unpaired) electrons. The van der Waals surface area contributed by atoms with Gasteiger partial charge in [0.15, 0.2) is 0 Å². The summed E-state index contributed by atoms with van der Waals surface area (Å²) in [6, 6.07) is 11.9. The van der Waals surface area contributed by atoms with Gasteiger partial charge < -0.3 is 20.1 Å². The zero-order valence-corrected chi connectivity index (χ0v) is 24.2. The standard InChI is InChI=1S/C31H38F3N3O5/c1-30(2,3)42-29(40)25(11-12-27(35)38)37-18-24-23(28(37)39)5-4-6-26(24)41-19-21-9-7-20(8-10-21)17-36-15-13-22(14-16-36)31(32,33)34/h4-10,22,25H,11-19H2,1-3H3,(H2,35,38). The molecule has 42 heavy (non-hydrogen) atoms. The SMILES string of the molecule is CC(C)(C)OC(=O)C(CCC(N)=O)N1Cc2c(OCc3ccc(CN4CCC(C(F)(F)F)CC4)cc3)cccc2C1=O. The van der Waals surface area contributed by atoms with Gasteiger partial charge in [-0.25, -0.2) is 4.79 Å². The Morgan fingerprint density at radius 1 is 1.02 bits per heavy atom. The van der Waals surface area contributed by atoms with E-state index in [1.807, 2.05) is 29.2 Å². The van der Waals surface area contributed by atoms with Crippen molar-refractivity contribution >= 4 is 17.8 Å². The molecule has 2 heterocycles. The number of carbonyl (C=O) groups excluding carboxylic acids is 3. The summed E-state index contributed by atoms with van der Waals surface area (Å²) in [5, 5.41) is 0. The number of alkyl halides is 3. The van der Waals surface area contributed by atoms with Crippen LogP contribution in [0.4, 0.5) is 13.2 Å². The minimum Gasteiger partial charge on any atom is -0.489 e. The Morgan fingerprint density at radius 3 is 2.26 bits per heavy atom. The van der Waals surface area contributed by atoms with Crippen molar-refractivity contribution in [3.8, 4) is 5.75 Å². The Morgan fingerprint density at radius 2 is 1.67 bits per heavy atom. The molecule has 2 amide bonds. The number of benzene rings is 2. The normalized spacial score (nSPS) is 17.2. The second kappa shape index (κ2) is 12.7. The number of nitrogens with two attached hydrogens (primary N) is 1. The quantitative estimate of drug-likeness (QED) is 0.393. The van der Waals surface area contributed by atoms with Gasteiger partial charge in [0, 0.05) is 24.1 Å². The van der Waals surface area contributed by atoms with Gasteiger partial charge in [0.1, 0.15) is 24.0 Å². The lowest BCUT2D eigenvalue weighted by molar-refractivity contribution is -0.185. The third-order valence-corrected chi connectivity index (χ3v) is 7.55. The van der Waals surface area contributed by atoms with Crippen molar-refractivity contribution in [2.24, 2.45) is 11.7 Å². The van der Waals surface area contributed by atoms with Crippen LogP contribution in [0.5, 0.6) is 5.75 Å². The first kappa shape index (κ1) is 31.3. The summed E-state index contributed by atoms with van der Waals surface area (Å²) in [6.45, 7) is 6.98. The predicted molar refractivity (Wildman–Crippen MR) is 149 cm³/mol. The number of halogens is 3. The second-order valence-electron chi connectivity index (χ2n) is 12.0. The molecular formula is C31H38F3N3O5. The maximum atomic E-state index is 13.3. The minimum atomic E-state index is -4.12. The van der Waals surface area contributed by atoms with Gasteiger partial charge in [-0.15, -0.1) is 0 Å². The number of esters is 1. The summed E-state index contributed by atoms with van der Waals surface area (Å²) >= 11 is 0. The monoisotopic (exact) mass is 589 g/mol. The van der Waals surface area contributed by atoms with E-state index in [1.165, 1.54) is 4.90 Å². The van der Waals surface area contributed by atoms with Crippen LogP contribution in [0.1, 0.15) is 73.5 Å². The van der Waals surface area contributed by atoms with Crippen LogP contribution < -0.4 is 10.5 Å². The summed E-state index contributed by atoms with van der Waals surface area (Å²) < 4.78 is 50.5. The average molecular weight is 590 g/mol. The van der Waals surface area contributed by atoms with Gasteiger partial charge in [-0.3, -0.25) is 14.5 Å². The Kier molecular flexibility index (Phi) is 9.50. The average Bonchev–Trinajstić information content (AvgIpc) is 3.23. The highest BCUT2D eigenvalue weighted by molar-refractivity contribution is 6.01. The summed E-state index contributed by atoms with van der Waals surface area (Å²) in [4.78, 5) is 41.3. The maximum Gasteiger partial charge on any atom is 0.391 e. The molecule has 4 rings (SSSR count). The van der Waals surface area contributed by atoms with Crippen LogP contribution >= 0.6 is 0 Å². The molecule has 2 aliphatic rings. The predicted octanol–water partition coefficient (Wildman–Crippen LogP) is 4.97.